The van der Waals surface area contributed by atoms with Gasteiger partial charge in [-0.25, -0.2) is 4.90 Å². The van der Waals surface area contributed by atoms with Crippen LogP contribution in [-0.4, -0.2) is 28.0 Å². The van der Waals surface area contributed by atoms with E-state index in [2.05, 4.69) is 15.9 Å². The van der Waals surface area contributed by atoms with Crippen molar-refractivity contribution in [3.05, 3.63) is 29.3 Å². The number of imide groups is 3. The average Bonchev–Trinajstić information content (AvgIpc) is 2.63. The highest BCUT2D eigenvalue weighted by atomic mass is 79.9. The quantitative estimate of drug-likeness (QED) is 0.397. The topological polar surface area (TPSA) is 80.5 Å². The minimum Gasteiger partial charge on any atom is -0.398 e. The number of nitrogen functional groups attached to an aromatic ring is 1. The number of anilines is 1. The first-order valence-electron chi connectivity index (χ1n) is 5.94. The van der Waals surface area contributed by atoms with E-state index in [4.69, 9.17) is 5.73 Å². The van der Waals surface area contributed by atoms with Crippen LogP contribution >= 0.6 is 15.9 Å². The van der Waals surface area contributed by atoms with Gasteiger partial charge >= 0.3 is 0 Å². The molecule has 0 radical (unpaired) electrons. The number of hydrogen-bond donors (Lipinski definition) is 1. The van der Waals surface area contributed by atoms with Crippen molar-refractivity contribution >= 4 is 39.3 Å². The van der Waals surface area contributed by atoms with Crippen LogP contribution in [0.5, 0.6) is 0 Å². The van der Waals surface area contributed by atoms with Crippen molar-refractivity contribution in [1.82, 2.24) is 4.90 Å². The van der Waals surface area contributed by atoms with Gasteiger partial charge in [0, 0.05) is 17.4 Å². The van der Waals surface area contributed by atoms with E-state index in [1.54, 1.807) is 12.1 Å². The van der Waals surface area contributed by atoms with Gasteiger partial charge in [0.25, 0.3) is 11.8 Å². The summed E-state index contributed by atoms with van der Waals surface area (Å²) in [5, 5.41) is 0.787. The molecule has 0 saturated carbocycles. The predicted molar refractivity (Wildman–Crippen MR) is 74.0 cm³/mol. The molecule has 0 aliphatic carbocycles. The van der Waals surface area contributed by atoms with Gasteiger partial charge in [-0.15, -0.1) is 0 Å². The van der Waals surface area contributed by atoms with Crippen LogP contribution in [-0.2, 0) is 4.79 Å². The van der Waals surface area contributed by atoms with E-state index in [1.165, 1.54) is 6.07 Å². The number of unbranched alkanes of at least 4 members (excludes halogenated alkanes) is 1. The zero-order valence-electron chi connectivity index (χ0n) is 10.2. The van der Waals surface area contributed by atoms with Crippen LogP contribution in [0, 0.1) is 0 Å². The fourth-order valence-electron chi connectivity index (χ4n) is 2.02. The highest BCUT2D eigenvalue weighted by Gasteiger charge is 2.40. The molecule has 0 saturated heterocycles. The number of nitrogens with two attached hydrogens (primary N) is 1. The Morgan fingerprint density at radius 2 is 1.95 bits per heavy atom. The molecule has 100 valence electrons. The molecule has 1 heterocycles. The molecule has 0 bridgehead atoms. The molecule has 1 aliphatic rings. The molecule has 1 aromatic rings. The van der Waals surface area contributed by atoms with Crippen molar-refractivity contribution in [3.63, 3.8) is 0 Å². The Morgan fingerprint density at radius 3 is 2.58 bits per heavy atom. The second-order valence-corrected chi connectivity index (χ2v) is 5.05. The van der Waals surface area contributed by atoms with Crippen LogP contribution in [0.2, 0.25) is 0 Å². The van der Waals surface area contributed by atoms with E-state index in [9.17, 15) is 14.4 Å². The van der Waals surface area contributed by atoms with Crippen LogP contribution in [0.15, 0.2) is 18.2 Å². The molecule has 0 unspecified atom stereocenters. The number of carbonyl (C=O) groups excluding carboxylic acids is 3. The van der Waals surface area contributed by atoms with Gasteiger partial charge in [0.15, 0.2) is 0 Å². The summed E-state index contributed by atoms with van der Waals surface area (Å²) in [6, 6.07) is 4.65. The molecular formula is C13H13BrN2O3. The smallest absolute Gasteiger partial charge is 0.270 e. The summed E-state index contributed by atoms with van der Waals surface area (Å²) >= 11 is 3.26. The lowest BCUT2D eigenvalue weighted by Gasteiger charge is -2.11. The second-order valence-electron chi connectivity index (χ2n) is 4.26. The normalized spacial score (nSPS) is 13.8. The molecule has 0 fully saturated rings. The predicted octanol–water partition coefficient (Wildman–Crippen LogP) is 1.96. The number of nitrogens with zero attached hydrogens (tertiary/aromatic N) is 1. The maximum absolute atomic E-state index is 12.1. The summed E-state index contributed by atoms with van der Waals surface area (Å²) < 4.78 is 0. The van der Waals surface area contributed by atoms with Crippen molar-refractivity contribution in [1.29, 1.82) is 0 Å². The molecule has 2 rings (SSSR count). The van der Waals surface area contributed by atoms with Gasteiger partial charge in [0.1, 0.15) is 0 Å². The summed E-state index contributed by atoms with van der Waals surface area (Å²) in [6.07, 6.45) is 1.63. The largest absolute Gasteiger partial charge is 0.398 e. The number of carbonyl (C=O) groups is 3. The van der Waals surface area contributed by atoms with Crippen LogP contribution in [0.25, 0.3) is 0 Å². The summed E-state index contributed by atoms with van der Waals surface area (Å²) in [5.74, 6) is -1.65. The number of alkyl halides is 1. The summed E-state index contributed by atoms with van der Waals surface area (Å²) in [4.78, 5) is 36.8. The lowest BCUT2D eigenvalue weighted by atomic mass is 10.1. The van der Waals surface area contributed by atoms with E-state index in [0.29, 0.717) is 11.3 Å². The third-order valence-electron chi connectivity index (χ3n) is 2.97. The number of fused-ring (bicyclic) bond motifs is 1. The Kier molecular flexibility index (Phi) is 3.99. The van der Waals surface area contributed by atoms with Crippen LogP contribution in [0.1, 0.15) is 40.0 Å². The Balaban J connectivity index is 2.23. The van der Waals surface area contributed by atoms with Gasteiger partial charge in [-0.3, -0.25) is 14.4 Å². The Labute approximate surface area is 118 Å². The molecule has 5 nitrogen and oxygen atoms in total. The van der Waals surface area contributed by atoms with E-state index >= 15 is 0 Å². The highest BCUT2D eigenvalue weighted by molar-refractivity contribution is 9.09. The molecule has 3 amide bonds. The zero-order valence-corrected chi connectivity index (χ0v) is 11.8. The van der Waals surface area contributed by atoms with Gasteiger partial charge in [-0.05, 0) is 25.0 Å². The first-order chi connectivity index (χ1) is 9.07. The number of amides is 3. The lowest BCUT2D eigenvalue weighted by molar-refractivity contribution is -0.126. The Hall–Kier alpha value is -1.69. The van der Waals surface area contributed by atoms with Crippen LogP contribution < -0.4 is 5.73 Å². The molecule has 0 atom stereocenters. The first-order valence-corrected chi connectivity index (χ1v) is 7.06. The number of halogens is 1. The average molecular weight is 325 g/mol. The van der Waals surface area contributed by atoms with Gasteiger partial charge in [-0.1, -0.05) is 22.0 Å². The summed E-state index contributed by atoms with van der Waals surface area (Å²) in [5.41, 5.74) is 6.27. The second kappa shape index (κ2) is 5.52. The third-order valence-corrected chi connectivity index (χ3v) is 3.53. The van der Waals surface area contributed by atoms with Crippen molar-refractivity contribution in [2.75, 3.05) is 11.1 Å². The van der Waals surface area contributed by atoms with Crippen LogP contribution in [0.3, 0.4) is 0 Å². The summed E-state index contributed by atoms with van der Waals surface area (Å²) in [7, 11) is 0. The van der Waals surface area contributed by atoms with Crippen molar-refractivity contribution in [2.45, 2.75) is 19.3 Å². The van der Waals surface area contributed by atoms with Gasteiger partial charge in [-0.2, -0.15) is 0 Å². The summed E-state index contributed by atoms with van der Waals surface area (Å²) in [6.45, 7) is 0. The lowest BCUT2D eigenvalue weighted by Crippen LogP contribution is -2.36. The first kappa shape index (κ1) is 13.7. The monoisotopic (exact) mass is 324 g/mol. The fraction of sp³-hybridized carbons (Fsp3) is 0.308. The van der Waals surface area contributed by atoms with Crippen molar-refractivity contribution in [3.8, 4) is 0 Å². The SMILES string of the molecule is Nc1cccc2c1C(=O)N(C(=O)CCCCBr)C2=O. The number of rotatable bonds is 4. The van der Waals surface area contributed by atoms with Crippen LogP contribution in [0.4, 0.5) is 5.69 Å². The number of benzene rings is 1. The molecular weight excluding hydrogens is 312 g/mol. The van der Waals surface area contributed by atoms with Gasteiger partial charge in [0.2, 0.25) is 5.91 Å². The minimum atomic E-state index is -0.609. The molecule has 0 aromatic heterocycles. The molecule has 6 heteroatoms. The Morgan fingerprint density at radius 1 is 1.21 bits per heavy atom. The molecule has 0 spiro atoms. The number of hydrogen-bond acceptors (Lipinski definition) is 4. The Bertz CT molecular complexity index is 557. The van der Waals surface area contributed by atoms with Gasteiger partial charge < -0.3 is 5.73 Å². The van der Waals surface area contributed by atoms with E-state index < -0.39 is 17.7 Å². The maximum atomic E-state index is 12.1. The third kappa shape index (κ3) is 2.40. The zero-order chi connectivity index (χ0) is 14.0. The molecule has 1 aromatic carbocycles. The fourth-order valence-corrected chi connectivity index (χ4v) is 2.42. The molecule has 19 heavy (non-hydrogen) atoms. The maximum Gasteiger partial charge on any atom is 0.270 e. The van der Waals surface area contributed by atoms with Gasteiger partial charge in [0.05, 0.1) is 11.1 Å². The standard InChI is InChI=1S/C13H13BrN2O3/c14-7-2-1-6-10(17)16-12(18)8-4-3-5-9(15)11(8)13(16)19/h3-5H,1-2,6-7,15H2. The molecule has 1 aliphatic heterocycles. The van der Waals surface area contributed by atoms with E-state index in [1.807, 2.05) is 0 Å². The minimum absolute atomic E-state index is 0.140. The van der Waals surface area contributed by atoms with Crippen molar-refractivity contribution < 1.29 is 14.4 Å². The van der Waals surface area contributed by atoms with Crippen molar-refractivity contribution in [2.24, 2.45) is 0 Å². The highest BCUT2D eigenvalue weighted by Crippen LogP contribution is 2.28. The molecule has 2 N–H and O–H groups in total. The van der Waals surface area contributed by atoms with E-state index in [0.717, 1.165) is 11.8 Å². The van der Waals surface area contributed by atoms with E-state index in [-0.39, 0.29) is 23.2 Å².